The van der Waals surface area contributed by atoms with Gasteiger partial charge in [0.1, 0.15) is 0 Å². The van der Waals surface area contributed by atoms with Crippen LogP contribution in [0.2, 0.25) is 0 Å². The quantitative estimate of drug-likeness (QED) is 0.593. The molecule has 0 atom stereocenters. The molecule has 162 valence electrons. The number of carbonyl (C=O) groups excluding carboxylic acids is 2. The van der Waals surface area contributed by atoms with Gasteiger partial charge in [0, 0.05) is 42.9 Å². The Morgan fingerprint density at radius 3 is 2.58 bits per heavy atom. The van der Waals surface area contributed by atoms with Gasteiger partial charge >= 0.3 is 5.97 Å². The molecule has 0 bridgehead atoms. The van der Waals surface area contributed by atoms with Gasteiger partial charge in [0.15, 0.2) is 6.61 Å². The van der Waals surface area contributed by atoms with E-state index in [2.05, 4.69) is 5.32 Å². The number of para-hydroxylation sites is 1. The highest BCUT2D eigenvalue weighted by molar-refractivity contribution is 7.89. The normalized spacial score (nSPS) is 14.6. The zero-order valence-corrected chi connectivity index (χ0v) is 17.9. The molecule has 31 heavy (non-hydrogen) atoms. The summed E-state index contributed by atoms with van der Waals surface area (Å²) in [5.41, 5.74) is 1.59. The molecule has 3 aromatic rings. The molecule has 0 unspecified atom stereocenters. The second-order valence-corrected chi connectivity index (χ2v) is 9.37. The number of anilines is 1. The Kier molecular flexibility index (Phi) is 5.79. The fraction of sp³-hybridized carbons (Fsp3) is 0.273. The smallest absolute Gasteiger partial charge is 0.340 e. The zero-order chi connectivity index (χ0) is 22.0. The summed E-state index contributed by atoms with van der Waals surface area (Å²) in [7, 11) is -1.75. The Labute approximate surface area is 180 Å². The van der Waals surface area contributed by atoms with E-state index in [1.807, 2.05) is 35.9 Å². The summed E-state index contributed by atoms with van der Waals surface area (Å²) >= 11 is 0. The first-order chi connectivity index (χ1) is 14.9. The third kappa shape index (κ3) is 4.33. The minimum Gasteiger partial charge on any atom is -0.452 e. The number of rotatable bonds is 6. The lowest BCUT2D eigenvalue weighted by Crippen LogP contribution is -2.28. The Balaban J connectivity index is 1.40. The molecule has 0 saturated carbocycles. The van der Waals surface area contributed by atoms with Gasteiger partial charge in [-0.3, -0.25) is 4.79 Å². The van der Waals surface area contributed by atoms with Gasteiger partial charge in [0.2, 0.25) is 10.0 Å². The third-order valence-electron chi connectivity index (χ3n) is 5.27. The molecule has 4 rings (SSSR count). The van der Waals surface area contributed by atoms with Crippen molar-refractivity contribution in [3.05, 3.63) is 60.3 Å². The van der Waals surface area contributed by atoms with Crippen LogP contribution in [0.5, 0.6) is 0 Å². The first-order valence-electron chi connectivity index (χ1n) is 9.97. The summed E-state index contributed by atoms with van der Waals surface area (Å²) in [6.45, 7) is 0.525. The molecule has 1 fully saturated rings. The lowest BCUT2D eigenvalue weighted by molar-refractivity contribution is -0.119. The fourth-order valence-electron chi connectivity index (χ4n) is 3.72. The third-order valence-corrected chi connectivity index (χ3v) is 7.17. The van der Waals surface area contributed by atoms with Crippen LogP contribution in [0.4, 0.5) is 5.69 Å². The van der Waals surface area contributed by atoms with Crippen LogP contribution in [0.25, 0.3) is 10.9 Å². The number of nitrogens with one attached hydrogen (secondary N) is 1. The molecule has 1 aromatic heterocycles. The Morgan fingerprint density at radius 1 is 1.06 bits per heavy atom. The van der Waals surface area contributed by atoms with Gasteiger partial charge in [0.25, 0.3) is 5.91 Å². The molecule has 0 aliphatic carbocycles. The highest BCUT2D eigenvalue weighted by Crippen LogP contribution is 2.23. The molecule has 9 heteroatoms. The lowest BCUT2D eigenvalue weighted by atomic mass is 10.2. The minimum absolute atomic E-state index is 0.125. The number of hydrogen-bond donors (Lipinski definition) is 1. The van der Waals surface area contributed by atoms with E-state index in [-0.39, 0.29) is 4.90 Å². The van der Waals surface area contributed by atoms with Crippen molar-refractivity contribution in [1.82, 2.24) is 8.87 Å². The molecule has 2 heterocycles. The maximum absolute atomic E-state index is 12.7. The molecular formula is C22H23N3O5S. The Hall–Kier alpha value is -3.17. The second-order valence-electron chi connectivity index (χ2n) is 7.43. The minimum atomic E-state index is -3.58. The predicted octanol–water partition coefficient (Wildman–Crippen LogP) is 2.76. The molecule has 2 aromatic carbocycles. The van der Waals surface area contributed by atoms with Gasteiger partial charge in [0.05, 0.1) is 10.5 Å². The summed E-state index contributed by atoms with van der Waals surface area (Å²) in [6.07, 6.45) is 3.35. The van der Waals surface area contributed by atoms with Crippen LogP contribution in [0.15, 0.2) is 59.6 Å². The molecule has 1 aliphatic heterocycles. The van der Waals surface area contributed by atoms with E-state index in [0.717, 1.165) is 23.7 Å². The van der Waals surface area contributed by atoms with Gasteiger partial charge < -0.3 is 14.6 Å². The Bertz CT molecular complexity index is 1240. The number of amides is 1. The average molecular weight is 442 g/mol. The van der Waals surface area contributed by atoms with Crippen LogP contribution in [0.1, 0.15) is 23.2 Å². The highest BCUT2D eigenvalue weighted by Gasteiger charge is 2.27. The Morgan fingerprint density at radius 2 is 1.81 bits per heavy atom. The number of aryl methyl sites for hydroxylation is 1. The lowest BCUT2D eigenvalue weighted by Gasteiger charge is -2.16. The standard InChI is InChI=1S/C22H23N3O5S/c1-24-14-19(18-9-2-3-10-20(18)24)22(27)30-15-21(26)23-16-7-6-8-17(13-16)31(28,29)25-11-4-5-12-25/h2-3,6-10,13-14H,4-5,11-12,15H2,1H3,(H,23,26). The van der Waals surface area contributed by atoms with Gasteiger partial charge in [-0.1, -0.05) is 24.3 Å². The van der Waals surface area contributed by atoms with E-state index in [0.29, 0.717) is 24.3 Å². The fourth-order valence-corrected chi connectivity index (χ4v) is 5.29. The van der Waals surface area contributed by atoms with Crippen LogP contribution in [0, 0.1) is 0 Å². The SMILES string of the molecule is Cn1cc(C(=O)OCC(=O)Nc2cccc(S(=O)(=O)N3CCCC3)c2)c2ccccc21. The molecule has 1 aliphatic rings. The number of ether oxygens (including phenoxy) is 1. The van der Waals surface area contributed by atoms with Crippen molar-refractivity contribution in [2.45, 2.75) is 17.7 Å². The summed E-state index contributed by atoms with van der Waals surface area (Å²) in [6, 6.07) is 13.5. The van der Waals surface area contributed by atoms with Crippen molar-refractivity contribution < 1.29 is 22.7 Å². The zero-order valence-electron chi connectivity index (χ0n) is 17.1. The highest BCUT2D eigenvalue weighted by atomic mass is 32.2. The largest absolute Gasteiger partial charge is 0.452 e. The van der Waals surface area contributed by atoms with Crippen LogP contribution in [-0.4, -0.2) is 48.9 Å². The van der Waals surface area contributed by atoms with Gasteiger partial charge in [-0.15, -0.1) is 0 Å². The maximum Gasteiger partial charge on any atom is 0.340 e. The van der Waals surface area contributed by atoms with Crippen LogP contribution in [0.3, 0.4) is 0 Å². The number of carbonyl (C=O) groups is 2. The number of fused-ring (bicyclic) bond motifs is 1. The summed E-state index contributed by atoms with van der Waals surface area (Å²) in [5, 5.41) is 3.34. The first-order valence-corrected chi connectivity index (χ1v) is 11.4. The van der Waals surface area contributed by atoms with E-state index in [1.54, 1.807) is 18.3 Å². The van der Waals surface area contributed by atoms with E-state index in [9.17, 15) is 18.0 Å². The molecule has 1 amide bonds. The summed E-state index contributed by atoms with van der Waals surface area (Å²) in [4.78, 5) is 24.9. The molecule has 1 N–H and O–H groups in total. The predicted molar refractivity (Wildman–Crippen MR) is 116 cm³/mol. The van der Waals surface area contributed by atoms with Crippen LogP contribution in [-0.2, 0) is 26.6 Å². The number of aromatic nitrogens is 1. The number of benzene rings is 2. The number of hydrogen-bond acceptors (Lipinski definition) is 5. The van der Waals surface area contributed by atoms with E-state index in [1.165, 1.54) is 16.4 Å². The number of nitrogens with zero attached hydrogens (tertiary/aromatic N) is 2. The second kappa shape index (κ2) is 8.52. The molecular weight excluding hydrogens is 418 g/mol. The molecule has 0 radical (unpaired) electrons. The number of sulfonamides is 1. The monoisotopic (exact) mass is 441 g/mol. The molecule has 0 spiro atoms. The summed E-state index contributed by atoms with van der Waals surface area (Å²) < 4.78 is 33.8. The summed E-state index contributed by atoms with van der Waals surface area (Å²) in [5.74, 6) is -1.15. The molecule has 8 nitrogen and oxygen atoms in total. The van der Waals surface area contributed by atoms with Crippen molar-refractivity contribution in [3.8, 4) is 0 Å². The first kappa shape index (κ1) is 21.1. The van der Waals surface area contributed by atoms with Crippen LogP contribution >= 0.6 is 0 Å². The topological polar surface area (TPSA) is 97.7 Å². The van der Waals surface area contributed by atoms with Crippen molar-refractivity contribution in [1.29, 1.82) is 0 Å². The van der Waals surface area contributed by atoms with Gasteiger partial charge in [-0.25, -0.2) is 13.2 Å². The van der Waals surface area contributed by atoms with E-state index < -0.39 is 28.5 Å². The van der Waals surface area contributed by atoms with Crippen molar-refractivity contribution in [2.75, 3.05) is 25.0 Å². The van der Waals surface area contributed by atoms with Gasteiger partial charge in [-0.2, -0.15) is 4.31 Å². The van der Waals surface area contributed by atoms with Crippen LogP contribution < -0.4 is 5.32 Å². The van der Waals surface area contributed by atoms with Crippen molar-refractivity contribution in [3.63, 3.8) is 0 Å². The average Bonchev–Trinajstić information content (AvgIpc) is 3.42. The van der Waals surface area contributed by atoms with Crippen molar-refractivity contribution >= 4 is 38.5 Å². The van der Waals surface area contributed by atoms with Gasteiger partial charge in [-0.05, 0) is 37.1 Å². The maximum atomic E-state index is 12.7. The van der Waals surface area contributed by atoms with E-state index >= 15 is 0 Å². The van der Waals surface area contributed by atoms with Crippen molar-refractivity contribution in [2.24, 2.45) is 7.05 Å². The van der Waals surface area contributed by atoms with E-state index in [4.69, 9.17) is 4.74 Å². The number of esters is 1. The molecule has 1 saturated heterocycles.